The van der Waals surface area contributed by atoms with Crippen LogP contribution in [0.3, 0.4) is 0 Å². The first-order valence-electron chi connectivity index (χ1n) is 6.20. The number of aryl methyl sites for hydroxylation is 1. The van der Waals surface area contributed by atoms with E-state index >= 15 is 0 Å². The van der Waals surface area contributed by atoms with Crippen LogP contribution in [-0.4, -0.2) is 56.9 Å². The average Bonchev–Trinajstić information content (AvgIpc) is 2.36. The Labute approximate surface area is 157 Å². The SMILES string of the molecule is Cc1ccc(S(=O)(=O)[O-])cc1.O=C(O)CC(O)(CC(=O)O)C(=O)O.[Ti]. The monoisotopic (exact) mass is 411 g/mol. The van der Waals surface area contributed by atoms with Gasteiger partial charge in [-0.1, -0.05) is 17.7 Å². The van der Waals surface area contributed by atoms with Crippen molar-refractivity contribution < 1.29 is 69.5 Å². The molecule has 138 valence electrons. The van der Waals surface area contributed by atoms with E-state index in [1.54, 1.807) is 12.1 Å². The molecule has 1 aromatic rings. The Balaban J connectivity index is 0. The number of hydrogen-bond donors (Lipinski definition) is 4. The number of aliphatic hydroxyl groups is 1. The predicted molar refractivity (Wildman–Crippen MR) is 76.2 cm³/mol. The Bertz CT molecular complexity index is 695. The van der Waals surface area contributed by atoms with Gasteiger partial charge < -0.3 is 25.0 Å². The molecule has 1 aromatic carbocycles. The smallest absolute Gasteiger partial charge is 0.336 e. The van der Waals surface area contributed by atoms with E-state index in [0.717, 1.165) is 5.56 Å². The minimum absolute atomic E-state index is 0. The molecule has 0 fully saturated rings. The molecule has 0 spiro atoms. The molecule has 0 bridgehead atoms. The maximum Gasteiger partial charge on any atom is 0.336 e. The summed E-state index contributed by atoms with van der Waals surface area (Å²) < 4.78 is 31.2. The maximum absolute atomic E-state index is 10.4. The number of hydrogen-bond acceptors (Lipinski definition) is 7. The standard InChI is InChI=1S/C7H8O3S.C6H8O7.Ti/c1-6-2-4-7(5-3-6)11(8,9)10;7-3(8)1-6(13,5(11)12)2-4(9)10;/h2-5H,1H3,(H,8,9,10);13H,1-2H2,(H,7,8)(H,9,10)(H,11,12);/p-1. The summed E-state index contributed by atoms with van der Waals surface area (Å²) in [4.78, 5) is 30.3. The molecule has 0 saturated carbocycles. The summed E-state index contributed by atoms with van der Waals surface area (Å²) in [5, 5.41) is 33.8. The fraction of sp³-hybridized carbons (Fsp3) is 0.308. The first-order chi connectivity index (χ1) is 10.8. The number of rotatable bonds is 6. The molecule has 0 atom stereocenters. The Morgan fingerprint density at radius 1 is 1.00 bits per heavy atom. The zero-order valence-electron chi connectivity index (χ0n) is 12.9. The summed E-state index contributed by atoms with van der Waals surface area (Å²) in [7, 11) is -4.27. The van der Waals surface area contributed by atoms with Crippen LogP contribution in [0.5, 0.6) is 0 Å². The third-order valence-electron chi connectivity index (χ3n) is 2.60. The Morgan fingerprint density at radius 2 is 1.36 bits per heavy atom. The number of carbonyl (C=O) groups is 3. The quantitative estimate of drug-likeness (QED) is 0.355. The van der Waals surface area contributed by atoms with Gasteiger partial charge in [0.15, 0.2) is 5.60 Å². The van der Waals surface area contributed by atoms with Crippen LogP contribution in [0.25, 0.3) is 0 Å². The second-order valence-corrected chi connectivity index (χ2v) is 6.12. The van der Waals surface area contributed by atoms with Crippen LogP contribution in [0, 0.1) is 6.92 Å². The minimum Gasteiger partial charge on any atom is -0.744 e. The van der Waals surface area contributed by atoms with Crippen LogP contribution < -0.4 is 0 Å². The summed E-state index contributed by atoms with van der Waals surface area (Å²) in [6, 6.07) is 5.78. The van der Waals surface area contributed by atoms with Gasteiger partial charge in [0.25, 0.3) is 0 Å². The third-order valence-corrected chi connectivity index (χ3v) is 3.44. The molecule has 0 amide bonds. The van der Waals surface area contributed by atoms with Crippen molar-refractivity contribution in [2.45, 2.75) is 30.3 Å². The van der Waals surface area contributed by atoms with Crippen LogP contribution in [0.1, 0.15) is 18.4 Å². The van der Waals surface area contributed by atoms with Crippen LogP contribution in [0.15, 0.2) is 29.2 Å². The number of carboxylic acids is 3. The first-order valence-corrected chi connectivity index (χ1v) is 7.60. The van der Waals surface area contributed by atoms with Crippen LogP contribution >= 0.6 is 0 Å². The Morgan fingerprint density at radius 3 is 1.60 bits per heavy atom. The van der Waals surface area contributed by atoms with Gasteiger partial charge in [-0.05, 0) is 19.1 Å². The topological polar surface area (TPSA) is 189 Å². The van der Waals surface area contributed by atoms with Crippen molar-refractivity contribution in [3.63, 3.8) is 0 Å². The van der Waals surface area contributed by atoms with E-state index in [0.29, 0.717) is 0 Å². The third kappa shape index (κ3) is 9.94. The van der Waals surface area contributed by atoms with E-state index in [-0.39, 0.29) is 26.6 Å². The molecule has 0 unspecified atom stereocenters. The van der Waals surface area contributed by atoms with Gasteiger partial charge in [0.05, 0.1) is 17.7 Å². The summed E-state index contributed by atoms with van der Waals surface area (Å²) in [6.07, 6.45) is -2.29. The zero-order valence-corrected chi connectivity index (χ0v) is 15.2. The normalized spacial score (nSPS) is 10.7. The van der Waals surface area contributed by atoms with Crippen molar-refractivity contribution in [3.05, 3.63) is 29.8 Å². The van der Waals surface area contributed by atoms with Crippen molar-refractivity contribution in [3.8, 4) is 0 Å². The molecule has 0 radical (unpaired) electrons. The average molecular weight is 411 g/mol. The summed E-state index contributed by atoms with van der Waals surface area (Å²) >= 11 is 0. The van der Waals surface area contributed by atoms with Gasteiger partial charge in [0, 0.05) is 21.7 Å². The van der Waals surface area contributed by atoms with Crippen LogP contribution in [0.2, 0.25) is 0 Å². The van der Waals surface area contributed by atoms with Gasteiger partial charge in [0.2, 0.25) is 0 Å². The molecule has 0 heterocycles. The molecule has 0 aliphatic heterocycles. The maximum atomic E-state index is 10.4. The van der Waals surface area contributed by atoms with Gasteiger partial charge >= 0.3 is 17.9 Å². The van der Waals surface area contributed by atoms with E-state index in [9.17, 15) is 27.4 Å². The van der Waals surface area contributed by atoms with Crippen LogP contribution in [0.4, 0.5) is 0 Å². The molecule has 10 nitrogen and oxygen atoms in total. The second-order valence-electron chi connectivity index (χ2n) is 4.74. The van der Waals surface area contributed by atoms with Crippen molar-refractivity contribution in [1.29, 1.82) is 0 Å². The van der Waals surface area contributed by atoms with Crippen LogP contribution in [-0.2, 0) is 46.2 Å². The van der Waals surface area contributed by atoms with Gasteiger partial charge in [-0.2, -0.15) is 0 Å². The fourth-order valence-electron chi connectivity index (χ4n) is 1.42. The van der Waals surface area contributed by atoms with Gasteiger partial charge in [-0.15, -0.1) is 0 Å². The zero-order chi connectivity index (χ0) is 19.1. The molecular weight excluding hydrogens is 396 g/mol. The van der Waals surface area contributed by atoms with E-state index in [1.165, 1.54) is 12.1 Å². The largest absolute Gasteiger partial charge is 0.744 e. The van der Waals surface area contributed by atoms with E-state index in [2.05, 4.69) is 0 Å². The van der Waals surface area contributed by atoms with E-state index in [1.807, 2.05) is 6.92 Å². The molecule has 0 aromatic heterocycles. The van der Waals surface area contributed by atoms with Gasteiger partial charge in [0.1, 0.15) is 10.1 Å². The first kappa shape index (κ1) is 25.5. The van der Waals surface area contributed by atoms with Crippen molar-refractivity contribution in [1.82, 2.24) is 0 Å². The fourth-order valence-corrected chi connectivity index (χ4v) is 1.89. The van der Waals surface area contributed by atoms with Gasteiger partial charge in [-0.3, -0.25) is 9.59 Å². The molecule has 25 heavy (non-hydrogen) atoms. The number of benzene rings is 1. The van der Waals surface area contributed by atoms with E-state index < -0.39 is 46.5 Å². The number of aliphatic carboxylic acids is 3. The summed E-state index contributed by atoms with van der Waals surface area (Å²) in [5.41, 5.74) is -1.81. The Kier molecular flexibility index (Phi) is 10.4. The molecule has 0 aliphatic carbocycles. The second kappa shape index (κ2) is 10.3. The van der Waals surface area contributed by atoms with Crippen molar-refractivity contribution >= 4 is 28.0 Å². The predicted octanol–water partition coefficient (Wildman–Crippen LogP) is -0.352. The van der Waals surface area contributed by atoms with Crippen molar-refractivity contribution in [2.24, 2.45) is 0 Å². The summed E-state index contributed by atoms with van der Waals surface area (Å²) in [5.74, 6) is -5.02. The minimum atomic E-state index is -4.27. The molecule has 4 N–H and O–H groups in total. The Hall–Kier alpha value is -1.79. The van der Waals surface area contributed by atoms with Crippen molar-refractivity contribution in [2.75, 3.05) is 0 Å². The number of carboxylic acid groups (broad SMARTS) is 3. The molecule has 12 heteroatoms. The molecule has 1 rings (SSSR count). The molecule has 0 saturated heterocycles. The molecule has 0 aliphatic rings. The molecular formula is C13H15O10STi-. The summed E-state index contributed by atoms with van der Waals surface area (Å²) in [6.45, 7) is 1.82. The van der Waals surface area contributed by atoms with E-state index in [4.69, 9.17) is 20.4 Å². The van der Waals surface area contributed by atoms with Gasteiger partial charge in [-0.25, -0.2) is 13.2 Å².